The first-order chi connectivity index (χ1) is 33.7. The van der Waals surface area contributed by atoms with Crippen molar-refractivity contribution in [1.82, 2.24) is 58.5 Å². The molecule has 0 aromatic heterocycles. The summed E-state index contributed by atoms with van der Waals surface area (Å²) >= 11 is 0. The quantitative estimate of drug-likeness (QED) is 0.0374. The van der Waals surface area contributed by atoms with Crippen LogP contribution in [-0.4, -0.2) is 144 Å². The first-order valence-corrected chi connectivity index (χ1v) is 25.5. The predicted octanol–water partition coefficient (Wildman–Crippen LogP) is -0.168. The standard InChI is InChI=1S/C50H91N11O12/c1-16-17-18-19-20-21-35(63)59-48(10,11)45(71)53-26-37(65)56-34(23-30(4)5)42(68)60-49(12,13)46(72)52-24-36(64)51-25-38(66)58-41(32(8)9)44(70)61-50(14,15)47(73)54-27-39(67)57-40(31(6)7)43(69)55-33(28-62)22-29(2)3/h29-34,40-41,62H,16-28H2,1-15H3,(H,51,64)(H,52,72)(H,53,71)(H,54,73)(H,55,69)(H,56,65)(H,57,67)(H,58,66)(H,59,63)(H,60,68)(H,61,70)/t33-,34-,40-,41-/m0/s1. The molecule has 0 radical (unpaired) electrons. The molecule has 0 aromatic rings. The molecule has 0 bridgehead atoms. The average Bonchev–Trinajstić information content (AvgIpc) is 3.27. The van der Waals surface area contributed by atoms with Crippen LogP contribution in [0.3, 0.4) is 0 Å². The maximum atomic E-state index is 13.4. The normalized spacial score (nSPS) is 13.4. The molecule has 11 amide bonds. The van der Waals surface area contributed by atoms with Crippen molar-refractivity contribution in [1.29, 1.82) is 0 Å². The number of carbonyl (C=O) groups is 11. The van der Waals surface area contributed by atoms with Crippen LogP contribution in [-0.2, 0) is 52.7 Å². The number of nitrogens with one attached hydrogen (secondary N) is 11. The third kappa shape index (κ3) is 27.1. The van der Waals surface area contributed by atoms with Crippen molar-refractivity contribution in [3.63, 3.8) is 0 Å². The summed E-state index contributed by atoms with van der Waals surface area (Å²) in [4.78, 5) is 143. The molecule has 4 atom stereocenters. The maximum absolute atomic E-state index is 13.4. The monoisotopic (exact) mass is 1040 g/mol. The summed E-state index contributed by atoms with van der Waals surface area (Å²) in [6, 6.07) is -3.72. The van der Waals surface area contributed by atoms with E-state index in [-0.39, 0.29) is 43.1 Å². The Kier molecular flexibility index (Phi) is 29.7. The van der Waals surface area contributed by atoms with Gasteiger partial charge in [-0.15, -0.1) is 0 Å². The number of hydrogen-bond acceptors (Lipinski definition) is 12. The van der Waals surface area contributed by atoms with Gasteiger partial charge in [0.25, 0.3) is 0 Å². The topological polar surface area (TPSA) is 340 Å². The van der Waals surface area contributed by atoms with Gasteiger partial charge < -0.3 is 63.6 Å². The van der Waals surface area contributed by atoms with Crippen molar-refractivity contribution in [2.24, 2.45) is 23.7 Å². The zero-order valence-corrected chi connectivity index (χ0v) is 46.2. The number of aliphatic hydroxyl groups is 1. The summed E-state index contributed by atoms with van der Waals surface area (Å²) in [6.45, 7) is 22.5. The molecule has 0 aliphatic carbocycles. The summed E-state index contributed by atoms with van der Waals surface area (Å²) in [5, 5.41) is 37.7. The van der Waals surface area contributed by atoms with E-state index in [9.17, 15) is 57.8 Å². The van der Waals surface area contributed by atoms with Crippen LogP contribution in [0, 0.1) is 23.7 Å². The molecule has 0 spiro atoms. The predicted molar refractivity (Wildman–Crippen MR) is 275 cm³/mol. The Morgan fingerprint density at radius 2 is 0.822 bits per heavy atom. The minimum absolute atomic E-state index is 0.0796. The van der Waals surface area contributed by atoms with E-state index in [1.165, 1.54) is 41.5 Å². The number of rotatable bonds is 34. The third-order valence-corrected chi connectivity index (χ3v) is 11.4. The highest BCUT2D eigenvalue weighted by molar-refractivity contribution is 5.98. The van der Waals surface area contributed by atoms with Gasteiger partial charge >= 0.3 is 0 Å². The lowest BCUT2D eigenvalue weighted by atomic mass is 9.99. The molecule has 73 heavy (non-hydrogen) atoms. The van der Waals surface area contributed by atoms with Crippen LogP contribution in [0.15, 0.2) is 0 Å². The summed E-state index contributed by atoms with van der Waals surface area (Å²) in [5.74, 6) is -7.90. The molecule has 23 heteroatoms. The van der Waals surface area contributed by atoms with E-state index in [4.69, 9.17) is 0 Å². The molecule has 0 saturated heterocycles. The van der Waals surface area contributed by atoms with Gasteiger partial charge in [0.15, 0.2) is 0 Å². The number of hydrogen-bond donors (Lipinski definition) is 12. The Morgan fingerprint density at radius 1 is 0.425 bits per heavy atom. The molecule has 0 unspecified atom stereocenters. The molecule has 0 heterocycles. The van der Waals surface area contributed by atoms with Crippen LogP contribution >= 0.6 is 0 Å². The maximum Gasteiger partial charge on any atom is 0.245 e. The second kappa shape index (κ2) is 32.3. The van der Waals surface area contributed by atoms with Gasteiger partial charge in [-0.05, 0) is 84.5 Å². The summed E-state index contributed by atoms with van der Waals surface area (Å²) in [7, 11) is 0. The lowest BCUT2D eigenvalue weighted by Crippen LogP contribution is -2.61. The highest BCUT2D eigenvalue weighted by atomic mass is 16.3. The first kappa shape index (κ1) is 67.1. The fourth-order valence-corrected chi connectivity index (χ4v) is 7.14. The minimum Gasteiger partial charge on any atom is -0.394 e. The lowest BCUT2D eigenvalue weighted by Gasteiger charge is -2.30. The van der Waals surface area contributed by atoms with E-state index < -0.39 is 132 Å². The van der Waals surface area contributed by atoms with Crippen LogP contribution in [0.1, 0.15) is 155 Å². The van der Waals surface area contributed by atoms with Crippen molar-refractivity contribution in [2.75, 3.05) is 32.8 Å². The number of amides is 11. The second-order valence-electron chi connectivity index (χ2n) is 21.7. The second-order valence-corrected chi connectivity index (χ2v) is 21.7. The fourth-order valence-electron chi connectivity index (χ4n) is 7.14. The van der Waals surface area contributed by atoms with E-state index in [2.05, 4.69) is 65.4 Å². The number of unbranched alkanes of at least 4 members (excludes halogenated alkanes) is 4. The highest BCUT2D eigenvalue weighted by Gasteiger charge is 2.36. The molecule has 12 N–H and O–H groups in total. The largest absolute Gasteiger partial charge is 0.394 e. The fraction of sp³-hybridized carbons (Fsp3) is 0.780. The van der Waals surface area contributed by atoms with Crippen LogP contribution < -0.4 is 58.5 Å². The Morgan fingerprint density at radius 3 is 1.26 bits per heavy atom. The molecule has 0 aliphatic heterocycles. The van der Waals surface area contributed by atoms with Crippen LogP contribution in [0.2, 0.25) is 0 Å². The van der Waals surface area contributed by atoms with Gasteiger partial charge in [0.1, 0.15) is 34.7 Å². The average molecular weight is 1040 g/mol. The third-order valence-electron chi connectivity index (χ3n) is 11.4. The zero-order valence-electron chi connectivity index (χ0n) is 46.2. The van der Waals surface area contributed by atoms with Crippen LogP contribution in [0.4, 0.5) is 0 Å². The SMILES string of the molecule is CCCCCCCC(=O)NC(C)(C)C(=O)NCC(=O)N[C@@H](CC(C)C)C(=O)NC(C)(C)C(=O)NCC(=O)NCC(=O)N[C@H](C(=O)NC(C)(C)C(=O)NCC(=O)N[C@H](C(=O)N[C@H](CO)CC(C)C)C(C)C)C(C)C. The van der Waals surface area contributed by atoms with Crippen molar-refractivity contribution >= 4 is 65.0 Å². The van der Waals surface area contributed by atoms with Gasteiger partial charge in [-0.3, -0.25) is 52.7 Å². The molecule has 0 aromatic carbocycles. The lowest BCUT2D eigenvalue weighted by molar-refractivity contribution is -0.136. The zero-order chi connectivity index (χ0) is 56.4. The van der Waals surface area contributed by atoms with E-state index >= 15 is 0 Å². The molecule has 0 rings (SSSR count). The van der Waals surface area contributed by atoms with Gasteiger partial charge in [0.05, 0.1) is 38.8 Å². The van der Waals surface area contributed by atoms with Crippen LogP contribution in [0.5, 0.6) is 0 Å². The van der Waals surface area contributed by atoms with Gasteiger partial charge in [-0.25, -0.2) is 0 Å². The van der Waals surface area contributed by atoms with E-state index in [1.54, 1.807) is 27.7 Å². The van der Waals surface area contributed by atoms with Gasteiger partial charge in [0, 0.05) is 6.42 Å². The number of carbonyl (C=O) groups excluding carboxylic acids is 11. The summed E-state index contributed by atoms with van der Waals surface area (Å²) in [6.07, 6.45) is 5.78. The Balaban J connectivity index is 5.25. The first-order valence-electron chi connectivity index (χ1n) is 25.5. The molecular weight excluding hydrogens is 947 g/mol. The van der Waals surface area contributed by atoms with Gasteiger partial charge in [-0.1, -0.05) is 88.0 Å². The van der Waals surface area contributed by atoms with E-state index in [0.717, 1.165) is 25.7 Å². The highest BCUT2D eigenvalue weighted by Crippen LogP contribution is 2.12. The Labute approximate surface area is 432 Å². The Bertz CT molecular complexity index is 1880. The van der Waals surface area contributed by atoms with Gasteiger partial charge in [0.2, 0.25) is 65.0 Å². The molecule has 0 aliphatic rings. The van der Waals surface area contributed by atoms with E-state index in [1.807, 2.05) is 27.7 Å². The number of aliphatic hydroxyl groups excluding tert-OH is 1. The van der Waals surface area contributed by atoms with Crippen molar-refractivity contribution in [3.8, 4) is 0 Å². The molecule has 418 valence electrons. The Hall–Kier alpha value is -5.87. The smallest absolute Gasteiger partial charge is 0.245 e. The molecule has 0 saturated carbocycles. The van der Waals surface area contributed by atoms with Crippen molar-refractivity contribution in [2.45, 2.75) is 196 Å². The minimum atomic E-state index is -1.59. The van der Waals surface area contributed by atoms with Crippen molar-refractivity contribution < 1.29 is 57.8 Å². The molecular formula is C50H91N11O12. The molecule has 0 fully saturated rings. The molecule has 23 nitrogen and oxygen atoms in total. The van der Waals surface area contributed by atoms with Gasteiger partial charge in [-0.2, -0.15) is 0 Å². The van der Waals surface area contributed by atoms with Crippen LogP contribution in [0.25, 0.3) is 0 Å². The summed E-state index contributed by atoms with van der Waals surface area (Å²) < 4.78 is 0. The van der Waals surface area contributed by atoms with Crippen molar-refractivity contribution in [3.05, 3.63) is 0 Å². The summed E-state index contributed by atoms with van der Waals surface area (Å²) in [5.41, 5.74) is -4.48. The van der Waals surface area contributed by atoms with E-state index in [0.29, 0.717) is 12.8 Å².